The molecule has 7 nitrogen and oxygen atoms in total. The van der Waals surface area contributed by atoms with Gasteiger partial charge in [-0.2, -0.15) is 0 Å². The zero-order chi connectivity index (χ0) is 19.2. The lowest BCUT2D eigenvalue weighted by molar-refractivity contribution is -0.385. The van der Waals surface area contributed by atoms with E-state index in [4.69, 9.17) is 11.6 Å². The molecule has 27 heavy (non-hydrogen) atoms. The summed E-state index contributed by atoms with van der Waals surface area (Å²) in [5.41, 5.74) is 0.819. The fraction of sp³-hybridized carbons (Fsp3) is 0.368. The molecule has 8 heteroatoms. The third kappa shape index (κ3) is 5.24. The van der Waals surface area contributed by atoms with Gasteiger partial charge in [0.1, 0.15) is 5.56 Å². The van der Waals surface area contributed by atoms with E-state index in [2.05, 4.69) is 15.2 Å². The van der Waals surface area contributed by atoms with E-state index in [1.165, 1.54) is 18.2 Å². The van der Waals surface area contributed by atoms with Crippen LogP contribution in [0.15, 0.2) is 42.6 Å². The van der Waals surface area contributed by atoms with Crippen molar-refractivity contribution in [2.24, 2.45) is 5.92 Å². The summed E-state index contributed by atoms with van der Waals surface area (Å²) in [5, 5.41) is 14.2. The number of aromatic nitrogens is 1. The number of nitrogens with zero attached hydrogens (tertiary/aromatic N) is 3. The highest BCUT2D eigenvalue weighted by Gasteiger charge is 2.23. The van der Waals surface area contributed by atoms with E-state index >= 15 is 0 Å². The van der Waals surface area contributed by atoms with Crippen molar-refractivity contribution < 1.29 is 9.72 Å². The van der Waals surface area contributed by atoms with Crippen LogP contribution in [0.2, 0.25) is 5.02 Å². The van der Waals surface area contributed by atoms with Crippen molar-refractivity contribution >= 4 is 23.2 Å². The summed E-state index contributed by atoms with van der Waals surface area (Å²) < 4.78 is 0. The smallest absolute Gasteiger partial charge is 0.282 e. The van der Waals surface area contributed by atoms with Gasteiger partial charge in [0.05, 0.1) is 10.6 Å². The number of carbonyl (C=O) groups excluding carboxylic acids is 1. The van der Waals surface area contributed by atoms with E-state index in [1.54, 1.807) is 6.20 Å². The number of amides is 1. The summed E-state index contributed by atoms with van der Waals surface area (Å²) in [5.74, 6) is -0.104. The molecule has 1 aliphatic heterocycles. The van der Waals surface area contributed by atoms with Crippen LogP contribution in [0.25, 0.3) is 0 Å². The summed E-state index contributed by atoms with van der Waals surface area (Å²) in [4.78, 5) is 29.6. The van der Waals surface area contributed by atoms with Gasteiger partial charge >= 0.3 is 0 Å². The molecule has 1 aliphatic rings. The Hall–Kier alpha value is -2.51. The van der Waals surface area contributed by atoms with Crippen LogP contribution in [0.3, 0.4) is 0 Å². The van der Waals surface area contributed by atoms with Gasteiger partial charge in [0.25, 0.3) is 11.6 Å². The molecular formula is C19H21ClN4O3. The molecule has 142 valence electrons. The Morgan fingerprint density at radius 2 is 2.07 bits per heavy atom. The van der Waals surface area contributed by atoms with Crippen LogP contribution in [-0.4, -0.2) is 40.3 Å². The van der Waals surface area contributed by atoms with Crippen molar-refractivity contribution in [3.63, 3.8) is 0 Å². The molecule has 1 N–H and O–H groups in total. The molecule has 0 bridgehead atoms. The first-order valence-corrected chi connectivity index (χ1v) is 9.25. The van der Waals surface area contributed by atoms with Crippen LogP contribution in [0.5, 0.6) is 0 Å². The van der Waals surface area contributed by atoms with Gasteiger partial charge in [-0.05, 0) is 56.1 Å². The normalized spacial score (nSPS) is 15.4. The predicted molar refractivity (Wildman–Crippen MR) is 103 cm³/mol. The summed E-state index contributed by atoms with van der Waals surface area (Å²) >= 11 is 5.88. The fourth-order valence-corrected chi connectivity index (χ4v) is 3.42. The maximum Gasteiger partial charge on any atom is 0.282 e. The Morgan fingerprint density at radius 1 is 1.30 bits per heavy atom. The third-order valence-electron chi connectivity index (χ3n) is 4.77. The van der Waals surface area contributed by atoms with Crippen LogP contribution < -0.4 is 5.32 Å². The Morgan fingerprint density at radius 3 is 2.74 bits per heavy atom. The van der Waals surface area contributed by atoms with Crippen molar-refractivity contribution in [2.45, 2.75) is 19.4 Å². The van der Waals surface area contributed by atoms with E-state index in [1.807, 2.05) is 18.2 Å². The van der Waals surface area contributed by atoms with E-state index < -0.39 is 10.8 Å². The molecule has 0 aliphatic carbocycles. The maximum absolute atomic E-state index is 12.4. The van der Waals surface area contributed by atoms with Crippen LogP contribution in [0.1, 0.15) is 28.9 Å². The minimum Gasteiger partial charge on any atom is -0.352 e. The van der Waals surface area contributed by atoms with Crippen molar-refractivity contribution in [1.29, 1.82) is 0 Å². The molecule has 3 rings (SSSR count). The van der Waals surface area contributed by atoms with Gasteiger partial charge in [0.15, 0.2) is 0 Å². The second-order valence-electron chi connectivity index (χ2n) is 6.67. The molecule has 2 aromatic rings. The summed E-state index contributed by atoms with van der Waals surface area (Å²) in [6, 6.07) is 9.91. The third-order valence-corrected chi connectivity index (χ3v) is 5.01. The first-order valence-electron chi connectivity index (χ1n) is 8.87. The SMILES string of the molecule is O=C(NCC1CCN(Cc2ccccn2)CC1)c1cc(Cl)ccc1[N+](=O)[O-]. The van der Waals surface area contributed by atoms with Crippen LogP contribution in [0, 0.1) is 16.0 Å². The van der Waals surface area contributed by atoms with Gasteiger partial charge in [-0.15, -0.1) is 0 Å². The Balaban J connectivity index is 1.50. The number of carbonyl (C=O) groups is 1. The van der Waals surface area contributed by atoms with E-state index in [0.717, 1.165) is 38.2 Å². The van der Waals surface area contributed by atoms with Gasteiger partial charge in [-0.1, -0.05) is 17.7 Å². The Bertz CT molecular complexity index is 808. The number of rotatable bonds is 6. The van der Waals surface area contributed by atoms with Crippen molar-refractivity contribution in [3.8, 4) is 0 Å². The number of pyridine rings is 1. The van der Waals surface area contributed by atoms with Gasteiger partial charge in [-0.25, -0.2) is 0 Å². The topological polar surface area (TPSA) is 88.4 Å². The average molecular weight is 389 g/mol. The van der Waals surface area contributed by atoms with Crippen molar-refractivity contribution in [1.82, 2.24) is 15.2 Å². The molecule has 0 spiro atoms. The standard InChI is InChI=1S/C19H21ClN4O3/c20-15-4-5-18(24(26)27)17(11-15)19(25)22-12-14-6-9-23(10-7-14)13-16-3-1-2-8-21-16/h1-5,8,11,14H,6-7,9-10,12-13H2,(H,22,25). The van der Waals surface area contributed by atoms with Crippen LogP contribution in [-0.2, 0) is 6.54 Å². The summed E-state index contributed by atoms with van der Waals surface area (Å²) in [7, 11) is 0. The number of nitro benzene ring substituents is 1. The molecule has 1 aromatic carbocycles. The Kier molecular flexibility index (Phi) is 6.36. The minimum atomic E-state index is -0.568. The Labute approximate surface area is 162 Å². The number of halogens is 1. The molecule has 0 unspecified atom stereocenters. The number of nitro groups is 1. The number of hydrogen-bond acceptors (Lipinski definition) is 5. The summed E-state index contributed by atoms with van der Waals surface area (Å²) in [6.45, 7) is 3.21. The number of piperidine rings is 1. The molecule has 1 saturated heterocycles. The molecule has 0 atom stereocenters. The fourth-order valence-electron chi connectivity index (χ4n) is 3.25. The highest BCUT2D eigenvalue weighted by Crippen LogP contribution is 2.23. The number of hydrogen-bond donors (Lipinski definition) is 1. The first-order chi connectivity index (χ1) is 13.0. The second-order valence-corrected chi connectivity index (χ2v) is 7.11. The molecular weight excluding hydrogens is 368 g/mol. The predicted octanol–water partition coefficient (Wildman–Crippen LogP) is 3.29. The van der Waals surface area contributed by atoms with Crippen LogP contribution in [0.4, 0.5) is 5.69 Å². The highest BCUT2D eigenvalue weighted by atomic mass is 35.5. The number of nitrogens with one attached hydrogen (secondary N) is 1. The van der Waals surface area contributed by atoms with Crippen molar-refractivity contribution in [2.75, 3.05) is 19.6 Å². The lowest BCUT2D eigenvalue weighted by Gasteiger charge is -2.31. The highest BCUT2D eigenvalue weighted by molar-refractivity contribution is 6.31. The number of benzene rings is 1. The van der Waals surface area contributed by atoms with Gasteiger partial charge in [-0.3, -0.25) is 24.8 Å². The maximum atomic E-state index is 12.4. The number of likely N-dealkylation sites (tertiary alicyclic amines) is 1. The van der Waals surface area contributed by atoms with E-state index in [-0.39, 0.29) is 11.3 Å². The molecule has 0 radical (unpaired) electrons. The van der Waals surface area contributed by atoms with Gasteiger partial charge < -0.3 is 5.32 Å². The monoisotopic (exact) mass is 388 g/mol. The second kappa shape index (κ2) is 8.92. The molecule has 1 aromatic heterocycles. The zero-order valence-electron chi connectivity index (χ0n) is 14.8. The van der Waals surface area contributed by atoms with E-state index in [9.17, 15) is 14.9 Å². The van der Waals surface area contributed by atoms with E-state index in [0.29, 0.717) is 17.5 Å². The lowest BCUT2D eigenvalue weighted by atomic mass is 9.96. The van der Waals surface area contributed by atoms with Gasteiger partial charge in [0, 0.05) is 30.4 Å². The first kappa shape index (κ1) is 19.3. The van der Waals surface area contributed by atoms with Gasteiger partial charge in [0.2, 0.25) is 0 Å². The summed E-state index contributed by atoms with van der Waals surface area (Å²) in [6.07, 6.45) is 3.72. The lowest BCUT2D eigenvalue weighted by Crippen LogP contribution is -2.38. The minimum absolute atomic E-state index is 0.0000814. The quantitative estimate of drug-likeness (QED) is 0.606. The molecule has 1 amide bonds. The molecule has 1 fully saturated rings. The zero-order valence-corrected chi connectivity index (χ0v) is 15.6. The largest absolute Gasteiger partial charge is 0.352 e. The molecule has 0 saturated carbocycles. The van der Waals surface area contributed by atoms with Crippen LogP contribution >= 0.6 is 11.6 Å². The van der Waals surface area contributed by atoms with Crippen molar-refractivity contribution in [3.05, 3.63) is 69.0 Å². The average Bonchev–Trinajstić information content (AvgIpc) is 2.67. The molecule has 2 heterocycles.